The zero-order chi connectivity index (χ0) is 36.9. The van der Waals surface area contributed by atoms with Crippen LogP contribution in [0.15, 0.2) is 71.0 Å². The molecular weight excluding hydrogens is 775 g/mol. The van der Waals surface area contributed by atoms with Crippen molar-refractivity contribution >= 4 is 52.7 Å². The fourth-order valence-electron chi connectivity index (χ4n) is 4.93. The number of esters is 2. The molecule has 4 rings (SSSR count). The Hall–Kier alpha value is -5.32. The summed E-state index contributed by atoms with van der Waals surface area (Å²) in [6.07, 6.45) is 1.47. The van der Waals surface area contributed by atoms with Crippen LogP contribution >= 0.6 is 22.6 Å². The van der Waals surface area contributed by atoms with Crippen LogP contribution in [0.3, 0.4) is 0 Å². The molecule has 0 saturated carbocycles. The SMILES string of the molecule is CCOC(=O)C1=C(C)NC(=O)N[C@H]1c1ccc(OCC(=O)N/N=C/c2cc(I)c(OCc3ccc(C(=O)OCC)cc3)c(OCC)c2)c(OC)c1. The van der Waals surface area contributed by atoms with Gasteiger partial charge in [0, 0.05) is 5.70 Å². The molecule has 1 atom stereocenters. The van der Waals surface area contributed by atoms with Gasteiger partial charge in [-0.2, -0.15) is 5.10 Å². The first-order valence-corrected chi connectivity index (χ1v) is 17.1. The van der Waals surface area contributed by atoms with E-state index >= 15 is 0 Å². The smallest absolute Gasteiger partial charge is 0.338 e. The summed E-state index contributed by atoms with van der Waals surface area (Å²) in [5, 5.41) is 9.39. The standard InChI is InChI=1S/C36H39IN4O10/c1-6-47-29-16-23(15-26(37)33(29)51-19-22-9-11-24(12-10-22)34(43)48-7-2)18-38-41-30(42)20-50-27-14-13-25(17-28(27)46-5)32-31(35(44)49-8-3)21(4)39-36(45)40-32/h9-18,32H,6-8,19-20H2,1-5H3,(H,41,42)(H2,39,40,45)/b38-18+/t32-/m0/s1. The maximum atomic E-state index is 12.7. The van der Waals surface area contributed by atoms with E-state index in [1.165, 1.54) is 13.3 Å². The Labute approximate surface area is 309 Å². The van der Waals surface area contributed by atoms with E-state index in [1.54, 1.807) is 69.3 Å². The number of nitrogens with zero attached hydrogens (tertiary/aromatic N) is 1. The van der Waals surface area contributed by atoms with Gasteiger partial charge in [-0.3, -0.25) is 4.79 Å². The summed E-state index contributed by atoms with van der Waals surface area (Å²) in [6, 6.07) is 14.2. The number of hydrogen-bond donors (Lipinski definition) is 3. The number of hydrazone groups is 1. The Balaban J connectivity index is 1.37. The Morgan fingerprint density at radius 2 is 1.61 bits per heavy atom. The largest absolute Gasteiger partial charge is 0.493 e. The number of ether oxygens (including phenoxy) is 6. The van der Waals surface area contributed by atoms with Gasteiger partial charge in [0.25, 0.3) is 5.91 Å². The molecule has 0 unspecified atom stereocenters. The second-order valence-electron chi connectivity index (χ2n) is 10.8. The molecule has 1 heterocycles. The summed E-state index contributed by atoms with van der Waals surface area (Å²) in [5.41, 5.74) is 5.60. The molecule has 14 nitrogen and oxygen atoms in total. The predicted octanol–water partition coefficient (Wildman–Crippen LogP) is 5.17. The predicted molar refractivity (Wildman–Crippen MR) is 195 cm³/mol. The van der Waals surface area contributed by atoms with Crippen molar-refractivity contribution < 1.29 is 47.6 Å². The summed E-state index contributed by atoms with van der Waals surface area (Å²) in [7, 11) is 1.43. The minimum atomic E-state index is -0.790. The molecule has 0 spiro atoms. The third-order valence-corrected chi connectivity index (χ3v) is 8.03. The number of hydrogen-bond acceptors (Lipinski definition) is 11. The molecule has 3 N–H and O–H groups in total. The number of nitrogens with one attached hydrogen (secondary N) is 3. The van der Waals surface area contributed by atoms with Crippen molar-refractivity contribution in [2.75, 3.05) is 33.5 Å². The average Bonchev–Trinajstić information content (AvgIpc) is 3.10. The zero-order valence-electron chi connectivity index (χ0n) is 28.8. The third-order valence-electron chi connectivity index (χ3n) is 7.23. The number of rotatable bonds is 16. The van der Waals surface area contributed by atoms with Gasteiger partial charge >= 0.3 is 18.0 Å². The minimum absolute atomic E-state index is 0.172. The van der Waals surface area contributed by atoms with Crippen LogP contribution in [0.25, 0.3) is 0 Å². The summed E-state index contributed by atoms with van der Waals surface area (Å²) in [5.74, 6) is 0.132. The quantitative estimate of drug-likeness (QED) is 0.0758. The van der Waals surface area contributed by atoms with Gasteiger partial charge in [-0.25, -0.2) is 19.8 Å². The zero-order valence-corrected chi connectivity index (χ0v) is 31.0. The number of methoxy groups -OCH3 is 1. The number of allylic oxidation sites excluding steroid dienone is 1. The number of carbonyl (C=O) groups is 4. The maximum Gasteiger partial charge on any atom is 0.338 e. The van der Waals surface area contributed by atoms with Crippen molar-refractivity contribution in [2.24, 2.45) is 5.10 Å². The molecule has 0 aromatic heterocycles. The normalized spacial score (nSPS) is 13.9. The van der Waals surface area contributed by atoms with Crippen LogP contribution < -0.4 is 35.0 Å². The van der Waals surface area contributed by atoms with Crippen molar-refractivity contribution in [2.45, 2.75) is 40.3 Å². The summed E-state index contributed by atoms with van der Waals surface area (Å²) in [6.45, 7) is 7.68. The molecule has 0 bridgehead atoms. The average molecular weight is 815 g/mol. The van der Waals surface area contributed by atoms with E-state index < -0.39 is 23.9 Å². The fraction of sp³-hybridized carbons (Fsp3) is 0.306. The summed E-state index contributed by atoms with van der Waals surface area (Å²) in [4.78, 5) is 49.4. The molecule has 51 heavy (non-hydrogen) atoms. The molecule has 3 aromatic carbocycles. The van der Waals surface area contributed by atoms with Gasteiger partial charge in [-0.15, -0.1) is 0 Å². The van der Waals surface area contributed by atoms with Crippen LogP contribution in [0, 0.1) is 3.57 Å². The van der Waals surface area contributed by atoms with E-state index in [4.69, 9.17) is 28.4 Å². The molecule has 1 aliphatic heterocycles. The van der Waals surface area contributed by atoms with Gasteiger partial charge in [0.2, 0.25) is 0 Å². The second kappa shape index (κ2) is 18.6. The highest BCUT2D eigenvalue weighted by Crippen LogP contribution is 2.36. The Morgan fingerprint density at radius 1 is 0.882 bits per heavy atom. The van der Waals surface area contributed by atoms with Crippen molar-refractivity contribution in [3.05, 3.63) is 91.7 Å². The van der Waals surface area contributed by atoms with Crippen molar-refractivity contribution in [3.8, 4) is 23.0 Å². The lowest BCUT2D eigenvalue weighted by Gasteiger charge is -2.28. The molecule has 0 saturated heterocycles. The van der Waals surface area contributed by atoms with Crippen molar-refractivity contribution in [1.82, 2.24) is 16.1 Å². The Bertz CT molecular complexity index is 1810. The van der Waals surface area contributed by atoms with Crippen LogP contribution in [0.1, 0.15) is 60.8 Å². The number of benzene rings is 3. The van der Waals surface area contributed by atoms with Crippen molar-refractivity contribution in [1.29, 1.82) is 0 Å². The van der Waals surface area contributed by atoms with Gasteiger partial charge in [0.15, 0.2) is 29.6 Å². The maximum absolute atomic E-state index is 12.7. The minimum Gasteiger partial charge on any atom is -0.493 e. The molecular formula is C36H39IN4O10. The molecule has 3 aromatic rings. The monoisotopic (exact) mass is 814 g/mol. The van der Waals surface area contributed by atoms with Crippen LogP contribution in [-0.4, -0.2) is 63.6 Å². The first kappa shape index (κ1) is 38.5. The third kappa shape index (κ3) is 10.3. The van der Waals surface area contributed by atoms with Gasteiger partial charge in [-0.05, 0) is 103 Å². The number of halogens is 1. The van der Waals surface area contributed by atoms with Gasteiger partial charge in [0.05, 0.1) is 53.9 Å². The van der Waals surface area contributed by atoms with Gasteiger partial charge < -0.3 is 39.1 Å². The Kier molecular flexibility index (Phi) is 14.0. The topological polar surface area (TPSA) is 172 Å². The molecule has 0 aliphatic carbocycles. The lowest BCUT2D eigenvalue weighted by Crippen LogP contribution is -2.45. The van der Waals surface area contributed by atoms with Crippen LogP contribution in [0.2, 0.25) is 0 Å². The number of urea groups is 1. The highest BCUT2D eigenvalue weighted by molar-refractivity contribution is 14.1. The van der Waals surface area contributed by atoms with E-state index in [-0.39, 0.29) is 42.9 Å². The van der Waals surface area contributed by atoms with Crippen LogP contribution in [0.5, 0.6) is 23.0 Å². The second-order valence-corrected chi connectivity index (χ2v) is 11.9. The molecule has 1 aliphatic rings. The fourth-order valence-corrected chi connectivity index (χ4v) is 5.71. The lowest BCUT2D eigenvalue weighted by atomic mass is 9.95. The highest BCUT2D eigenvalue weighted by Gasteiger charge is 2.32. The Morgan fingerprint density at radius 3 is 2.29 bits per heavy atom. The van der Waals surface area contributed by atoms with E-state index in [1.807, 2.05) is 13.0 Å². The first-order chi connectivity index (χ1) is 24.6. The van der Waals surface area contributed by atoms with E-state index in [2.05, 4.69) is 43.8 Å². The lowest BCUT2D eigenvalue weighted by molar-refractivity contribution is -0.139. The number of carbonyl (C=O) groups excluding carboxylic acids is 4. The molecule has 0 fully saturated rings. The van der Waals surface area contributed by atoms with E-state index in [0.717, 1.165) is 9.13 Å². The number of amides is 3. The summed E-state index contributed by atoms with van der Waals surface area (Å²) >= 11 is 2.14. The molecule has 0 radical (unpaired) electrons. The molecule has 15 heteroatoms. The summed E-state index contributed by atoms with van der Waals surface area (Å²) < 4.78 is 34.1. The highest BCUT2D eigenvalue weighted by atomic mass is 127. The molecule has 3 amide bonds. The van der Waals surface area contributed by atoms with E-state index in [9.17, 15) is 19.2 Å². The molecule has 270 valence electrons. The van der Waals surface area contributed by atoms with Crippen LogP contribution in [0.4, 0.5) is 4.79 Å². The van der Waals surface area contributed by atoms with Crippen molar-refractivity contribution in [3.63, 3.8) is 0 Å². The first-order valence-electron chi connectivity index (χ1n) is 16.0. The van der Waals surface area contributed by atoms with Crippen LogP contribution in [-0.2, 0) is 25.7 Å². The van der Waals surface area contributed by atoms with E-state index in [0.29, 0.717) is 47.1 Å². The van der Waals surface area contributed by atoms with Gasteiger partial charge in [0.1, 0.15) is 6.61 Å². The van der Waals surface area contributed by atoms with Gasteiger partial charge in [-0.1, -0.05) is 18.2 Å².